The number of halogens is 3. The second-order valence-electron chi connectivity index (χ2n) is 5.87. The van der Waals surface area contributed by atoms with E-state index in [0.717, 1.165) is 12.1 Å². The number of benzene rings is 1. The first-order chi connectivity index (χ1) is 11.0. The van der Waals surface area contributed by atoms with E-state index in [1.165, 1.54) is 24.0 Å². The van der Waals surface area contributed by atoms with Gasteiger partial charge in [0.15, 0.2) is 5.78 Å². The predicted molar refractivity (Wildman–Crippen MR) is 83.8 cm³/mol. The first kappa shape index (κ1) is 20.0. The minimum Gasteiger partial charge on any atom is -0.406 e. The summed E-state index contributed by atoms with van der Waals surface area (Å²) in [6.45, 7) is 7.02. The second-order valence-corrected chi connectivity index (χ2v) is 5.87. The molecule has 0 aliphatic carbocycles. The molecule has 1 aromatic rings. The van der Waals surface area contributed by atoms with Crippen LogP contribution in [0.3, 0.4) is 0 Å². The fourth-order valence-electron chi connectivity index (χ4n) is 2.63. The van der Waals surface area contributed by atoms with Gasteiger partial charge in [-0.15, -0.1) is 13.2 Å². The Bertz CT molecular complexity index is 585. The molecule has 1 aromatic carbocycles. The molecule has 0 saturated carbocycles. The van der Waals surface area contributed by atoms with E-state index in [2.05, 4.69) is 4.74 Å². The molecule has 0 spiro atoms. The number of hydrogen-bond acceptors (Lipinski definition) is 3. The number of nitrogens with zero attached hydrogens (tertiary/aromatic N) is 1. The van der Waals surface area contributed by atoms with Crippen molar-refractivity contribution in [3.05, 3.63) is 29.8 Å². The summed E-state index contributed by atoms with van der Waals surface area (Å²) in [4.78, 5) is 25.7. The van der Waals surface area contributed by atoms with Gasteiger partial charge in [0.05, 0.1) is 6.54 Å². The standard InChI is InChI=1S/C17H22F3NO3/c1-5-15(11(2)3)21(12(4)22)10-16(23)13-7-6-8-14(9-13)24-17(18,19)20/h6-9,11,15H,5,10H2,1-4H3. The Labute approximate surface area is 139 Å². The molecule has 134 valence electrons. The summed E-state index contributed by atoms with van der Waals surface area (Å²) in [6.07, 6.45) is -4.14. The lowest BCUT2D eigenvalue weighted by Crippen LogP contribution is -2.44. The molecule has 1 atom stereocenters. The van der Waals surface area contributed by atoms with Gasteiger partial charge >= 0.3 is 6.36 Å². The number of ether oxygens (including phenoxy) is 1. The molecule has 0 aliphatic rings. The summed E-state index contributed by atoms with van der Waals surface area (Å²) < 4.78 is 40.6. The molecule has 0 radical (unpaired) electrons. The third-order valence-electron chi connectivity index (χ3n) is 3.70. The number of carbonyl (C=O) groups is 2. The molecular formula is C17H22F3NO3. The van der Waals surface area contributed by atoms with Crippen LogP contribution in [0.2, 0.25) is 0 Å². The average molecular weight is 345 g/mol. The van der Waals surface area contributed by atoms with E-state index in [0.29, 0.717) is 6.42 Å². The van der Waals surface area contributed by atoms with Crippen LogP contribution in [-0.2, 0) is 4.79 Å². The van der Waals surface area contributed by atoms with Crippen molar-refractivity contribution in [2.45, 2.75) is 46.5 Å². The Morgan fingerprint density at radius 1 is 1.25 bits per heavy atom. The summed E-state index contributed by atoms with van der Waals surface area (Å²) in [5.74, 6) is -0.978. The molecule has 4 nitrogen and oxygen atoms in total. The predicted octanol–water partition coefficient (Wildman–Crippen LogP) is 4.05. The smallest absolute Gasteiger partial charge is 0.406 e. The lowest BCUT2D eigenvalue weighted by atomic mass is 9.99. The third-order valence-corrected chi connectivity index (χ3v) is 3.70. The monoisotopic (exact) mass is 345 g/mol. The van der Waals surface area contributed by atoms with Gasteiger partial charge in [-0.1, -0.05) is 32.9 Å². The summed E-state index contributed by atoms with van der Waals surface area (Å²) in [6, 6.07) is 4.76. The highest BCUT2D eigenvalue weighted by Gasteiger charge is 2.31. The molecule has 0 bridgehead atoms. The molecular weight excluding hydrogens is 323 g/mol. The van der Waals surface area contributed by atoms with Gasteiger partial charge in [0.25, 0.3) is 0 Å². The van der Waals surface area contributed by atoms with E-state index in [1.54, 1.807) is 0 Å². The van der Waals surface area contributed by atoms with Crippen LogP contribution in [0.15, 0.2) is 24.3 Å². The maximum Gasteiger partial charge on any atom is 0.573 e. The van der Waals surface area contributed by atoms with Crippen LogP contribution in [0.5, 0.6) is 5.75 Å². The first-order valence-electron chi connectivity index (χ1n) is 7.71. The Kier molecular flexibility index (Phi) is 6.81. The number of alkyl halides is 3. The maximum absolute atomic E-state index is 12.4. The van der Waals surface area contributed by atoms with Crippen LogP contribution in [-0.4, -0.2) is 35.5 Å². The average Bonchev–Trinajstić information content (AvgIpc) is 2.44. The molecule has 0 aliphatic heterocycles. The maximum atomic E-state index is 12.4. The molecule has 0 aromatic heterocycles. The van der Waals surface area contributed by atoms with Gasteiger partial charge in [-0.05, 0) is 24.5 Å². The summed E-state index contributed by atoms with van der Waals surface area (Å²) in [5, 5.41) is 0. The largest absolute Gasteiger partial charge is 0.573 e. The number of rotatable bonds is 7. The van der Waals surface area contributed by atoms with Crippen LogP contribution in [0, 0.1) is 5.92 Å². The Balaban J connectivity index is 2.96. The summed E-state index contributed by atoms with van der Waals surface area (Å²) >= 11 is 0. The molecule has 0 N–H and O–H groups in total. The van der Waals surface area contributed by atoms with Gasteiger partial charge in [-0.25, -0.2) is 0 Å². The number of Topliss-reactive ketones (excluding diaryl/α,β-unsaturated/α-hetero) is 1. The molecule has 1 unspecified atom stereocenters. The minimum atomic E-state index is -4.82. The fourth-order valence-corrected chi connectivity index (χ4v) is 2.63. The van der Waals surface area contributed by atoms with Gasteiger partial charge in [0.1, 0.15) is 5.75 Å². The number of ketones is 1. The van der Waals surface area contributed by atoms with Gasteiger partial charge in [0, 0.05) is 18.5 Å². The quantitative estimate of drug-likeness (QED) is 0.701. The zero-order chi connectivity index (χ0) is 18.5. The van der Waals surface area contributed by atoms with Crippen molar-refractivity contribution in [3.8, 4) is 5.75 Å². The van der Waals surface area contributed by atoms with Gasteiger partial charge < -0.3 is 9.64 Å². The Hall–Kier alpha value is -2.05. The van der Waals surface area contributed by atoms with E-state index >= 15 is 0 Å². The Morgan fingerprint density at radius 3 is 2.33 bits per heavy atom. The number of amides is 1. The van der Waals surface area contributed by atoms with Crippen LogP contribution in [0.25, 0.3) is 0 Å². The summed E-state index contributed by atoms with van der Waals surface area (Å²) in [7, 11) is 0. The number of carbonyl (C=O) groups excluding carboxylic acids is 2. The molecule has 24 heavy (non-hydrogen) atoms. The van der Waals surface area contributed by atoms with E-state index in [9.17, 15) is 22.8 Å². The normalized spacial score (nSPS) is 12.8. The van der Waals surface area contributed by atoms with Crippen molar-refractivity contribution in [2.24, 2.45) is 5.92 Å². The van der Waals surface area contributed by atoms with E-state index in [-0.39, 0.29) is 30.0 Å². The third kappa shape index (κ3) is 5.86. The van der Waals surface area contributed by atoms with Crippen molar-refractivity contribution < 1.29 is 27.5 Å². The van der Waals surface area contributed by atoms with Gasteiger partial charge in [0.2, 0.25) is 5.91 Å². The van der Waals surface area contributed by atoms with Crippen LogP contribution in [0.1, 0.15) is 44.5 Å². The van der Waals surface area contributed by atoms with Crippen LogP contribution < -0.4 is 4.74 Å². The highest BCUT2D eigenvalue weighted by atomic mass is 19.4. The number of hydrogen-bond donors (Lipinski definition) is 0. The highest BCUT2D eigenvalue weighted by molar-refractivity contribution is 5.99. The summed E-state index contributed by atoms with van der Waals surface area (Å²) in [5.41, 5.74) is 0.0709. The molecule has 1 amide bonds. The van der Waals surface area contributed by atoms with Crippen molar-refractivity contribution in [1.29, 1.82) is 0 Å². The molecule has 0 heterocycles. The van der Waals surface area contributed by atoms with Crippen molar-refractivity contribution >= 4 is 11.7 Å². The molecule has 0 fully saturated rings. The van der Waals surface area contributed by atoms with Crippen LogP contribution in [0.4, 0.5) is 13.2 Å². The molecule has 0 saturated heterocycles. The lowest BCUT2D eigenvalue weighted by molar-refractivity contribution is -0.274. The van der Waals surface area contributed by atoms with E-state index in [1.807, 2.05) is 20.8 Å². The van der Waals surface area contributed by atoms with Crippen molar-refractivity contribution in [2.75, 3.05) is 6.54 Å². The van der Waals surface area contributed by atoms with Crippen molar-refractivity contribution in [1.82, 2.24) is 4.90 Å². The molecule has 1 rings (SSSR count). The SMILES string of the molecule is CCC(C(C)C)N(CC(=O)c1cccc(OC(F)(F)F)c1)C(C)=O. The van der Waals surface area contributed by atoms with Gasteiger partial charge in [-0.2, -0.15) is 0 Å². The van der Waals surface area contributed by atoms with Crippen molar-refractivity contribution in [3.63, 3.8) is 0 Å². The first-order valence-corrected chi connectivity index (χ1v) is 7.71. The highest BCUT2D eigenvalue weighted by Crippen LogP contribution is 2.24. The van der Waals surface area contributed by atoms with E-state index < -0.39 is 17.9 Å². The Morgan fingerprint density at radius 2 is 1.88 bits per heavy atom. The van der Waals surface area contributed by atoms with Gasteiger partial charge in [-0.3, -0.25) is 9.59 Å². The topological polar surface area (TPSA) is 46.6 Å². The minimum absolute atomic E-state index is 0.0709. The second kappa shape index (κ2) is 8.17. The van der Waals surface area contributed by atoms with E-state index in [4.69, 9.17) is 0 Å². The zero-order valence-corrected chi connectivity index (χ0v) is 14.2. The van der Waals surface area contributed by atoms with Crippen LogP contribution >= 0.6 is 0 Å². The fraction of sp³-hybridized carbons (Fsp3) is 0.529. The zero-order valence-electron chi connectivity index (χ0n) is 14.2. The molecule has 7 heteroatoms. The lowest BCUT2D eigenvalue weighted by Gasteiger charge is -2.32.